The zero-order valence-electron chi connectivity index (χ0n) is 16.4. The molecule has 146 valence electrons. The van der Waals surface area contributed by atoms with E-state index < -0.39 is 0 Å². The normalized spacial score (nSPS) is 10.7. The fourth-order valence-electron chi connectivity index (χ4n) is 2.79. The van der Waals surface area contributed by atoms with E-state index in [4.69, 9.17) is 4.74 Å². The SMILES string of the molecule is COc1cccc(CNc2ccc(SNc3cccc(C(C)C)c3)cc2)c1O. The van der Waals surface area contributed by atoms with Crippen molar-refractivity contribution >= 4 is 23.3 Å². The molecule has 3 aromatic rings. The molecular weight excluding hydrogens is 368 g/mol. The molecule has 28 heavy (non-hydrogen) atoms. The van der Waals surface area contributed by atoms with Gasteiger partial charge in [-0.2, -0.15) is 0 Å². The number of phenolic OH excluding ortho intramolecular Hbond substituents is 1. The third-order valence-corrected chi connectivity index (χ3v) is 5.33. The Kier molecular flexibility index (Phi) is 6.71. The third-order valence-electron chi connectivity index (χ3n) is 4.48. The number of benzene rings is 3. The first-order valence-electron chi connectivity index (χ1n) is 9.28. The van der Waals surface area contributed by atoms with E-state index in [1.54, 1.807) is 25.1 Å². The lowest BCUT2D eigenvalue weighted by atomic mass is 10.0. The van der Waals surface area contributed by atoms with Crippen molar-refractivity contribution < 1.29 is 9.84 Å². The summed E-state index contributed by atoms with van der Waals surface area (Å²) in [4.78, 5) is 1.13. The van der Waals surface area contributed by atoms with Crippen molar-refractivity contribution in [2.45, 2.75) is 31.2 Å². The lowest BCUT2D eigenvalue weighted by molar-refractivity contribution is 0.371. The van der Waals surface area contributed by atoms with Crippen LogP contribution in [-0.4, -0.2) is 12.2 Å². The highest BCUT2D eigenvalue weighted by Gasteiger charge is 2.07. The van der Waals surface area contributed by atoms with Gasteiger partial charge in [-0.05, 0) is 65.9 Å². The molecule has 0 saturated heterocycles. The maximum Gasteiger partial charge on any atom is 0.162 e. The van der Waals surface area contributed by atoms with Crippen LogP contribution in [-0.2, 0) is 6.54 Å². The van der Waals surface area contributed by atoms with Crippen molar-refractivity contribution in [3.05, 3.63) is 77.9 Å². The van der Waals surface area contributed by atoms with E-state index in [2.05, 4.69) is 60.3 Å². The molecule has 0 aromatic heterocycles. The molecule has 4 nitrogen and oxygen atoms in total. The highest BCUT2D eigenvalue weighted by molar-refractivity contribution is 8.00. The van der Waals surface area contributed by atoms with Crippen molar-refractivity contribution in [3.8, 4) is 11.5 Å². The average molecular weight is 395 g/mol. The van der Waals surface area contributed by atoms with Crippen LogP contribution in [0, 0.1) is 0 Å². The quantitative estimate of drug-likeness (QED) is 0.394. The molecule has 0 radical (unpaired) electrons. The van der Waals surface area contributed by atoms with E-state index in [1.807, 2.05) is 24.3 Å². The summed E-state index contributed by atoms with van der Waals surface area (Å²) in [7, 11) is 1.55. The number of aromatic hydroxyl groups is 1. The average Bonchev–Trinajstić information content (AvgIpc) is 2.72. The second-order valence-electron chi connectivity index (χ2n) is 6.83. The van der Waals surface area contributed by atoms with Crippen LogP contribution in [0.4, 0.5) is 11.4 Å². The summed E-state index contributed by atoms with van der Waals surface area (Å²) in [5.41, 5.74) is 4.22. The van der Waals surface area contributed by atoms with Gasteiger partial charge in [-0.3, -0.25) is 0 Å². The van der Waals surface area contributed by atoms with Crippen LogP contribution in [0.5, 0.6) is 11.5 Å². The van der Waals surface area contributed by atoms with Crippen molar-refractivity contribution in [1.29, 1.82) is 0 Å². The first-order chi connectivity index (χ1) is 13.6. The summed E-state index contributed by atoms with van der Waals surface area (Å²) in [5, 5.41) is 13.5. The minimum absolute atomic E-state index is 0.178. The zero-order chi connectivity index (χ0) is 19.9. The van der Waals surface area contributed by atoms with Gasteiger partial charge in [0.05, 0.1) is 7.11 Å². The number of hydrogen-bond acceptors (Lipinski definition) is 5. The molecule has 0 spiro atoms. The third kappa shape index (κ3) is 5.14. The summed E-state index contributed by atoms with van der Waals surface area (Å²) in [6.07, 6.45) is 0. The maximum absolute atomic E-state index is 10.2. The Morgan fingerprint density at radius 3 is 2.43 bits per heavy atom. The number of para-hydroxylation sites is 1. The Bertz CT molecular complexity index is 911. The smallest absolute Gasteiger partial charge is 0.162 e. The summed E-state index contributed by atoms with van der Waals surface area (Å²) in [6, 6.07) is 22.2. The molecule has 0 atom stereocenters. The van der Waals surface area contributed by atoms with E-state index in [0.717, 1.165) is 21.8 Å². The molecular formula is C23H26N2O2S. The van der Waals surface area contributed by atoms with Crippen molar-refractivity contribution in [2.75, 3.05) is 17.1 Å². The Hall–Kier alpha value is -2.79. The lowest BCUT2D eigenvalue weighted by Gasteiger charge is -2.12. The van der Waals surface area contributed by atoms with Crippen molar-refractivity contribution in [2.24, 2.45) is 0 Å². The molecule has 0 heterocycles. The predicted molar refractivity (Wildman–Crippen MR) is 118 cm³/mol. The molecule has 0 fully saturated rings. The molecule has 3 N–H and O–H groups in total. The van der Waals surface area contributed by atoms with E-state index in [-0.39, 0.29) is 5.75 Å². The van der Waals surface area contributed by atoms with E-state index in [0.29, 0.717) is 18.2 Å². The molecule has 0 aliphatic heterocycles. The van der Waals surface area contributed by atoms with Gasteiger partial charge in [0.1, 0.15) is 0 Å². The van der Waals surface area contributed by atoms with Gasteiger partial charge in [0.2, 0.25) is 0 Å². The fraction of sp³-hybridized carbons (Fsp3) is 0.217. The molecule has 0 saturated carbocycles. The summed E-state index contributed by atoms with van der Waals surface area (Å²) in [5.74, 6) is 1.18. The minimum Gasteiger partial charge on any atom is -0.504 e. The number of methoxy groups -OCH3 is 1. The van der Waals surface area contributed by atoms with Crippen molar-refractivity contribution in [1.82, 2.24) is 0 Å². The number of ether oxygens (including phenoxy) is 1. The molecule has 0 aliphatic rings. The van der Waals surface area contributed by atoms with Crippen LogP contribution in [0.2, 0.25) is 0 Å². The molecule has 3 rings (SSSR count). The second-order valence-corrected chi connectivity index (χ2v) is 7.71. The summed E-state index contributed by atoms with van der Waals surface area (Å²) in [6.45, 7) is 4.92. The fourth-order valence-corrected chi connectivity index (χ4v) is 3.43. The van der Waals surface area contributed by atoms with Gasteiger partial charge in [-0.1, -0.05) is 38.1 Å². The van der Waals surface area contributed by atoms with Gasteiger partial charge < -0.3 is 19.9 Å². The Morgan fingerprint density at radius 1 is 0.964 bits per heavy atom. The highest BCUT2D eigenvalue weighted by Crippen LogP contribution is 2.30. The van der Waals surface area contributed by atoms with E-state index in [1.165, 1.54) is 5.56 Å². The van der Waals surface area contributed by atoms with Crippen LogP contribution < -0.4 is 14.8 Å². The van der Waals surface area contributed by atoms with Gasteiger partial charge in [-0.25, -0.2) is 0 Å². The number of hydrogen-bond donors (Lipinski definition) is 3. The van der Waals surface area contributed by atoms with Crippen LogP contribution in [0.1, 0.15) is 30.9 Å². The van der Waals surface area contributed by atoms with Crippen molar-refractivity contribution in [3.63, 3.8) is 0 Å². The van der Waals surface area contributed by atoms with Gasteiger partial charge >= 0.3 is 0 Å². The molecule has 0 amide bonds. The second kappa shape index (κ2) is 9.42. The predicted octanol–water partition coefficient (Wildman–Crippen LogP) is 6.26. The number of phenols is 1. The largest absolute Gasteiger partial charge is 0.504 e. The van der Waals surface area contributed by atoms with Gasteiger partial charge in [-0.15, -0.1) is 0 Å². The highest BCUT2D eigenvalue weighted by atomic mass is 32.2. The monoisotopic (exact) mass is 394 g/mol. The summed E-state index contributed by atoms with van der Waals surface area (Å²) >= 11 is 1.59. The Labute approximate surface area is 171 Å². The zero-order valence-corrected chi connectivity index (χ0v) is 17.2. The number of rotatable bonds is 8. The standard InChI is InChI=1S/C23H26N2O2S/c1-16(2)17-6-4-8-20(14-17)25-28-21-12-10-19(11-13-21)24-15-18-7-5-9-22(27-3)23(18)26/h4-14,16,24-26H,15H2,1-3H3. The minimum atomic E-state index is 0.178. The Balaban J connectivity index is 1.56. The van der Waals surface area contributed by atoms with Gasteiger partial charge in [0, 0.05) is 28.4 Å². The Morgan fingerprint density at radius 2 is 1.71 bits per heavy atom. The number of nitrogens with one attached hydrogen (secondary N) is 2. The van der Waals surface area contributed by atoms with Gasteiger partial charge in [0.25, 0.3) is 0 Å². The molecule has 0 aliphatic carbocycles. The van der Waals surface area contributed by atoms with Gasteiger partial charge in [0.15, 0.2) is 11.5 Å². The van der Waals surface area contributed by atoms with Crippen LogP contribution in [0.3, 0.4) is 0 Å². The molecule has 0 unspecified atom stereocenters. The lowest BCUT2D eigenvalue weighted by Crippen LogP contribution is -2.00. The molecule has 5 heteroatoms. The first kappa shape index (κ1) is 20.0. The van der Waals surface area contributed by atoms with Crippen LogP contribution in [0.25, 0.3) is 0 Å². The van der Waals surface area contributed by atoms with E-state index >= 15 is 0 Å². The van der Waals surface area contributed by atoms with Crippen LogP contribution in [0.15, 0.2) is 71.6 Å². The van der Waals surface area contributed by atoms with E-state index in [9.17, 15) is 5.11 Å². The topological polar surface area (TPSA) is 53.5 Å². The summed E-state index contributed by atoms with van der Waals surface area (Å²) < 4.78 is 8.55. The van der Waals surface area contributed by atoms with Crippen LogP contribution >= 0.6 is 11.9 Å². The maximum atomic E-state index is 10.2. The molecule has 0 bridgehead atoms. The first-order valence-corrected chi connectivity index (χ1v) is 10.1. The molecule has 3 aromatic carbocycles. The number of anilines is 2.